The number of nitrogens with two attached hydrogens (primary N) is 1. The average molecular weight is 370 g/mol. The van der Waals surface area contributed by atoms with Crippen molar-refractivity contribution in [2.24, 2.45) is 17.6 Å². The minimum Gasteiger partial charge on any atom is -0.325 e. The molecule has 0 spiro atoms. The lowest BCUT2D eigenvalue weighted by Gasteiger charge is -2.48. The Morgan fingerprint density at radius 1 is 1.24 bits per heavy atom. The van der Waals surface area contributed by atoms with E-state index in [0.29, 0.717) is 24.3 Å². The lowest BCUT2D eigenvalue weighted by atomic mass is 9.64. The number of nitrogens with zero attached hydrogens (tertiary/aromatic N) is 1. The Bertz CT molecular complexity index is 513. The molecule has 0 aromatic carbocycles. The van der Waals surface area contributed by atoms with E-state index < -0.39 is 6.04 Å². The summed E-state index contributed by atoms with van der Waals surface area (Å²) >= 11 is 6.24. The van der Waals surface area contributed by atoms with Crippen LogP contribution in [0.2, 0.25) is 0 Å². The van der Waals surface area contributed by atoms with E-state index in [1.54, 1.807) is 0 Å². The molecule has 0 aromatic heterocycles. The molecule has 5 nitrogen and oxygen atoms in total. The first-order valence-electron chi connectivity index (χ1n) is 9.93. The van der Waals surface area contributed by atoms with E-state index in [9.17, 15) is 10.1 Å². The first-order chi connectivity index (χ1) is 11.9. The highest BCUT2D eigenvalue weighted by molar-refractivity contribution is 6.29. The molecule has 0 saturated heterocycles. The van der Waals surface area contributed by atoms with Crippen molar-refractivity contribution in [1.82, 2.24) is 5.32 Å². The zero-order valence-corrected chi connectivity index (χ0v) is 16.0. The van der Waals surface area contributed by atoms with E-state index in [2.05, 4.69) is 12.2 Å². The quantitative estimate of drug-likeness (QED) is 0.580. The van der Waals surface area contributed by atoms with E-state index in [-0.39, 0.29) is 16.5 Å². The summed E-state index contributed by atoms with van der Waals surface area (Å²) in [7, 11) is 0. The van der Waals surface area contributed by atoms with Crippen LogP contribution in [0.3, 0.4) is 0 Å². The molecule has 2 saturated carbocycles. The SMILES string of the molecule is CC1CCC(N[C@H]2CC[C@@H](C3(N)CCC3)CC2)C([N+](=O)[O-])C/C=C\1Cl. The number of hydrogen-bond acceptors (Lipinski definition) is 4. The van der Waals surface area contributed by atoms with Crippen LogP contribution in [0, 0.1) is 22.0 Å². The third kappa shape index (κ3) is 4.37. The summed E-state index contributed by atoms with van der Waals surface area (Å²) in [5, 5.41) is 16.0. The highest BCUT2D eigenvalue weighted by Crippen LogP contribution is 2.43. The second kappa shape index (κ2) is 7.93. The fourth-order valence-electron chi connectivity index (χ4n) is 4.92. The van der Waals surface area contributed by atoms with Gasteiger partial charge in [-0.05, 0) is 69.6 Å². The molecular weight excluding hydrogens is 338 g/mol. The van der Waals surface area contributed by atoms with Gasteiger partial charge >= 0.3 is 0 Å². The molecular formula is C19H32ClN3O2. The lowest BCUT2D eigenvalue weighted by molar-refractivity contribution is -0.526. The molecule has 0 radical (unpaired) electrons. The zero-order chi connectivity index (χ0) is 18.0. The highest BCUT2D eigenvalue weighted by atomic mass is 35.5. The maximum Gasteiger partial charge on any atom is 0.231 e. The van der Waals surface area contributed by atoms with Crippen LogP contribution < -0.4 is 11.1 Å². The topological polar surface area (TPSA) is 81.2 Å². The van der Waals surface area contributed by atoms with Crippen molar-refractivity contribution in [2.45, 2.75) is 94.8 Å². The van der Waals surface area contributed by atoms with Gasteiger partial charge in [-0.15, -0.1) is 0 Å². The van der Waals surface area contributed by atoms with Crippen molar-refractivity contribution in [2.75, 3.05) is 0 Å². The molecule has 0 aromatic rings. The third-order valence-corrected chi connectivity index (χ3v) is 7.47. The molecule has 0 amide bonds. The molecule has 3 N–H and O–H groups in total. The van der Waals surface area contributed by atoms with Crippen molar-refractivity contribution < 1.29 is 4.92 Å². The smallest absolute Gasteiger partial charge is 0.231 e. The molecule has 25 heavy (non-hydrogen) atoms. The van der Waals surface area contributed by atoms with Crippen LogP contribution in [-0.4, -0.2) is 28.6 Å². The number of nitrogens with one attached hydrogen (secondary N) is 1. The second-order valence-corrected chi connectivity index (χ2v) is 9.00. The van der Waals surface area contributed by atoms with Crippen molar-refractivity contribution in [3.8, 4) is 0 Å². The Kier molecular flexibility index (Phi) is 6.07. The predicted octanol–water partition coefficient (Wildman–Crippen LogP) is 3.97. The van der Waals surface area contributed by atoms with Crippen LogP contribution in [0.5, 0.6) is 0 Å². The van der Waals surface area contributed by atoms with Gasteiger partial charge in [0.1, 0.15) is 0 Å². The number of hydrogen-bond donors (Lipinski definition) is 2. The predicted molar refractivity (Wildman–Crippen MR) is 101 cm³/mol. The Hall–Kier alpha value is -0.650. The summed E-state index contributed by atoms with van der Waals surface area (Å²) in [5.41, 5.74) is 6.60. The normalized spacial score (nSPS) is 40.9. The molecule has 142 valence electrons. The summed E-state index contributed by atoms with van der Waals surface area (Å²) < 4.78 is 0. The number of nitro groups is 1. The van der Waals surface area contributed by atoms with Gasteiger partial charge in [0, 0.05) is 28.0 Å². The fourth-order valence-corrected chi connectivity index (χ4v) is 5.12. The highest BCUT2D eigenvalue weighted by Gasteiger charge is 2.42. The van der Waals surface area contributed by atoms with E-state index in [1.165, 1.54) is 19.3 Å². The van der Waals surface area contributed by atoms with Crippen molar-refractivity contribution in [3.05, 3.63) is 21.2 Å². The molecule has 3 aliphatic carbocycles. The molecule has 2 fully saturated rings. The largest absolute Gasteiger partial charge is 0.325 e. The first-order valence-corrected chi connectivity index (χ1v) is 10.3. The molecule has 0 bridgehead atoms. The van der Waals surface area contributed by atoms with E-state index in [1.807, 2.05) is 6.08 Å². The Balaban J connectivity index is 1.57. The molecule has 0 heterocycles. The van der Waals surface area contributed by atoms with Gasteiger partial charge in [0.25, 0.3) is 0 Å². The number of halogens is 1. The van der Waals surface area contributed by atoms with Gasteiger partial charge in [-0.1, -0.05) is 24.6 Å². The average Bonchev–Trinajstić information content (AvgIpc) is 2.56. The van der Waals surface area contributed by atoms with Gasteiger partial charge < -0.3 is 11.1 Å². The van der Waals surface area contributed by atoms with Crippen molar-refractivity contribution in [1.29, 1.82) is 0 Å². The van der Waals surface area contributed by atoms with Gasteiger partial charge in [-0.3, -0.25) is 10.1 Å². The van der Waals surface area contributed by atoms with Gasteiger partial charge in [-0.2, -0.15) is 0 Å². The number of allylic oxidation sites excluding steroid dienone is 1. The third-order valence-electron chi connectivity index (χ3n) is 6.95. The minimum absolute atomic E-state index is 0.0597. The first kappa shape index (κ1) is 19.1. The van der Waals surface area contributed by atoms with Gasteiger partial charge in [-0.25, -0.2) is 0 Å². The Morgan fingerprint density at radius 3 is 2.48 bits per heavy atom. The zero-order valence-electron chi connectivity index (χ0n) is 15.3. The molecule has 3 rings (SSSR count). The summed E-state index contributed by atoms with van der Waals surface area (Å²) in [4.78, 5) is 11.4. The van der Waals surface area contributed by atoms with Crippen LogP contribution >= 0.6 is 11.6 Å². The second-order valence-electron chi connectivity index (χ2n) is 8.56. The Morgan fingerprint density at radius 2 is 1.92 bits per heavy atom. The van der Waals surface area contributed by atoms with E-state index in [0.717, 1.165) is 43.6 Å². The number of rotatable bonds is 4. The fraction of sp³-hybridized carbons (Fsp3) is 0.895. The maximum absolute atomic E-state index is 11.6. The minimum atomic E-state index is -0.577. The van der Waals surface area contributed by atoms with Crippen molar-refractivity contribution >= 4 is 11.6 Å². The van der Waals surface area contributed by atoms with Crippen molar-refractivity contribution in [3.63, 3.8) is 0 Å². The molecule has 3 atom stereocenters. The molecule has 6 heteroatoms. The standard InChI is InChI=1S/C19H32ClN3O2/c1-13-3-9-17(18(23(24)25)10-8-16(13)20)22-15-6-4-14(5-7-15)19(21)11-2-12-19/h8,13-15,17-18,22H,2-7,9-12,21H2,1H3/b16-8+/t13?,14-,15+,17?,18?. The molecule has 0 aliphatic heterocycles. The Labute approximate surface area is 155 Å². The molecule has 3 unspecified atom stereocenters. The van der Waals surface area contributed by atoms with E-state index >= 15 is 0 Å². The van der Waals surface area contributed by atoms with Crippen LogP contribution in [-0.2, 0) is 0 Å². The monoisotopic (exact) mass is 369 g/mol. The maximum atomic E-state index is 11.6. The summed E-state index contributed by atoms with van der Waals surface area (Å²) in [5.74, 6) is 0.940. The summed E-state index contributed by atoms with van der Waals surface area (Å²) in [6, 6.07) is -0.247. The van der Waals surface area contributed by atoms with Gasteiger partial charge in [0.2, 0.25) is 6.04 Å². The van der Waals surface area contributed by atoms with Crippen LogP contribution in [0.15, 0.2) is 11.1 Å². The van der Waals surface area contributed by atoms with Crippen LogP contribution in [0.25, 0.3) is 0 Å². The van der Waals surface area contributed by atoms with Crippen LogP contribution in [0.4, 0.5) is 0 Å². The van der Waals surface area contributed by atoms with E-state index in [4.69, 9.17) is 17.3 Å². The molecule has 3 aliphatic rings. The van der Waals surface area contributed by atoms with Gasteiger partial charge in [0.15, 0.2) is 0 Å². The van der Waals surface area contributed by atoms with Gasteiger partial charge in [0.05, 0.1) is 6.04 Å². The summed E-state index contributed by atoms with van der Waals surface area (Å²) in [6.45, 7) is 2.10. The summed E-state index contributed by atoms with van der Waals surface area (Å²) in [6.07, 6.45) is 12.1. The van der Waals surface area contributed by atoms with Crippen LogP contribution in [0.1, 0.15) is 71.1 Å². The lowest BCUT2D eigenvalue weighted by Crippen LogP contribution is -2.55.